The molecule has 0 spiro atoms. The number of hydrogen-bond acceptors (Lipinski definition) is 5. The largest absolute Gasteiger partial charge is 0.324 e. The van der Waals surface area contributed by atoms with Gasteiger partial charge in [0.2, 0.25) is 0 Å². The first-order valence-corrected chi connectivity index (χ1v) is 13.1. The highest BCUT2D eigenvalue weighted by atomic mass is 32.1. The van der Waals surface area contributed by atoms with Crippen LogP contribution in [0.1, 0.15) is 49.7 Å². The third-order valence-corrected chi connectivity index (χ3v) is 8.48. The number of hydrogen-bond donors (Lipinski definition) is 3. The number of thiol groups is 1. The second-order valence-electron chi connectivity index (χ2n) is 10.8. The summed E-state index contributed by atoms with van der Waals surface area (Å²) >= 11 is 4.77. The third-order valence-electron chi connectivity index (χ3n) is 8.06. The van der Waals surface area contributed by atoms with Crippen molar-refractivity contribution in [3.8, 4) is 16.9 Å². The fourth-order valence-corrected chi connectivity index (χ4v) is 6.40. The molecule has 4 aromatic rings. The summed E-state index contributed by atoms with van der Waals surface area (Å²) in [5, 5.41) is 21.8. The Hall–Kier alpha value is -3.59. The number of nitrogens with one attached hydrogen (secondary N) is 2. The van der Waals surface area contributed by atoms with Crippen molar-refractivity contribution in [2.24, 2.45) is 13.0 Å². The second-order valence-corrected chi connectivity index (χ2v) is 11.2. The number of fused-ring (bicyclic) bond motifs is 1. The molecule has 0 radical (unpaired) electrons. The topological polar surface area (TPSA) is 95.7 Å². The van der Waals surface area contributed by atoms with E-state index >= 15 is 0 Å². The van der Waals surface area contributed by atoms with Crippen molar-refractivity contribution in [3.05, 3.63) is 70.4 Å². The first kappa shape index (κ1) is 23.8. The highest BCUT2D eigenvalue weighted by Crippen LogP contribution is 2.49. The Balaban J connectivity index is 1.52. The molecule has 2 fully saturated rings. The van der Waals surface area contributed by atoms with E-state index in [0.717, 1.165) is 53.6 Å². The van der Waals surface area contributed by atoms with E-state index in [1.165, 1.54) is 11.9 Å². The van der Waals surface area contributed by atoms with Crippen LogP contribution in [-0.4, -0.2) is 42.4 Å². The van der Waals surface area contributed by atoms with Gasteiger partial charge in [0.05, 0.1) is 23.6 Å². The Morgan fingerprint density at radius 2 is 2.00 bits per heavy atom. The van der Waals surface area contributed by atoms with Crippen molar-refractivity contribution in [1.29, 1.82) is 10.8 Å². The minimum absolute atomic E-state index is 0.121. The molecule has 2 saturated carbocycles. The van der Waals surface area contributed by atoms with Gasteiger partial charge in [0.1, 0.15) is 11.4 Å². The van der Waals surface area contributed by atoms with E-state index < -0.39 is 5.41 Å². The van der Waals surface area contributed by atoms with Crippen LogP contribution in [-0.2, 0) is 12.5 Å². The molecule has 9 heteroatoms. The molecule has 2 N–H and O–H groups in total. The molecule has 3 heterocycles. The smallest absolute Gasteiger partial charge is 0.280 e. The first-order chi connectivity index (χ1) is 17.7. The van der Waals surface area contributed by atoms with E-state index in [-0.39, 0.29) is 5.56 Å². The van der Waals surface area contributed by atoms with Gasteiger partial charge < -0.3 is 4.90 Å². The van der Waals surface area contributed by atoms with Crippen LogP contribution in [0.25, 0.3) is 27.8 Å². The van der Waals surface area contributed by atoms with Gasteiger partial charge in [0, 0.05) is 43.1 Å². The lowest BCUT2D eigenvalue weighted by Crippen LogP contribution is -2.52. The van der Waals surface area contributed by atoms with Gasteiger partial charge in [-0.2, -0.15) is 5.10 Å². The SMILES string of the molecule is CC1CC(C(=N)N(C)C=N)(c2cccc(-n3cc(C4CC4)c4cc(-c5cnn(C)c5)n(S)c4c3=O)c2)C1. The molecule has 0 bridgehead atoms. The molecule has 2 aliphatic carbocycles. The van der Waals surface area contributed by atoms with Crippen LogP contribution in [0.5, 0.6) is 0 Å². The van der Waals surface area contributed by atoms with Gasteiger partial charge in [0.25, 0.3) is 5.56 Å². The minimum Gasteiger partial charge on any atom is -0.324 e. The molecule has 190 valence electrons. The van der Waals surface area contributed by atoms with Crippen LogP contribution in [0.3, 0.4) is 0 Å². The van der Waals surface area contributed by atoms with E-state index in [0.29, 0.717) is 23.2 Å². The summed E-state index contributed by atoms with van der Waals surface area (Å²) in [6.07, 6.45) is 10.8. The van der Waals surface area contributed by atoms with Gasteiger partial charge in [0.15, 0.2) is 0 Å². The molecule has 1 aromatic carbocycles. The molecule has 0 amide bonds. The van der Waals surface area contributed by atoms with Crippen LogP contribution in [0, 0.1) is 16.7 Å². The Labute approximate surface area is 221 Å². The highest BCUT2D eigenvalue weighted by Gasteiger charge is 2.48. The lowest BCUT2D eigenvalue weighted by atomic mass is 9.58. The first-order valence-electron chi connectivity index (χ1n) is 12.7. The summed E-state index contributed by atoms with van der Waals surface area (Å²) in [7, 11) is 3.63. The van der Waals surface area contributed by atoms with E-state index in [1.807, 2.05) is 31.6 Å². The molecule has 0 unspecified atom stereocenters. The number of nitrogens with zero attached hydrogens (tertiary/aromatic N) is 5. The number of benzene rings is 1. The molecular weight excluding hydrogens is 482 g/mol. The van der Waals surface area contributed by atoms with E-state index in [2.05, 4.69) is 30.2 Å². The van der Waals surface area contributed by atoms with Crippen LogP contribution >= 0.6 is 12.8 Å². The van der Waals surface area contributed by atoms with Crippen molar-refractivity contribution in [2.75, 3.05) is 7.05 Å². The summed E-state index contributed by atoms with van der Waals surface area (Å²) in [5.74, 6) is 1.36. The standard InChI is InChI=1S/C28H31N7OS/c1-17-11-28(12-17,27(30)32(2)16-29)20-5-4-6-21(9-20)34-15-23(18-7-8-18)22-10-24(19-13-31-33(3)14-19)35(37)25(22)26(34)36/h4-6,9-10,13-18,29-30,37H,7-8,11-12H2,1-3H3. The number of amidine groups is 1. The average molecular weight is 514 g/mol. The Kier molecular flexibility index (Phi) is 5.45. The maximum absolute atomic E-state index is 14.0. The number of rotatable bonds is 6. The van der Waals surface area contributed by atoms with Crippen molar-refractivity contribution in [2.45, 2.75) is 43.9 Å². The maximum Gasteiger partial charge on any atom is 0.280 e. The van der Waals surface area contributed by atoms with Crippen molar-refractivity contribution >= 4 is 35.9 Å². The van der Waals surface area contributed by atoms with Gasteiger partial charge in [-0.15, -0.1) is 0 Å². The highest BCUT2D eigenvalue weighted by molar-refractivity contribution is 7.78. The molecule has 0 saturated heterocycles. The lowest BCUT2D eigenvalue weighted by Gasteiger charge is -2.48. The van der Waals surface area contributed by atoms with Gasteiger partial charge in [-0.05, 0) is 66.8 Å². The molecule has 0 aliphatic heterocycles. The third kappa shape index (κ3) is 3.67. The Bertz CT molecular complexity index is 1620. The monoisotopic (exact) mass is 513 g/mol. The van der Waals surface area contributed by atoms with Crippen molar-refractivity contribution in [1.82, 2.24) is 23.2 Å². The molecule has 37 heavy (non-hydrogen) atoms. The van der Waals surface area contributed by atoms with Gasteiger partial charge in [-0.3, -0.25) is 28.8 Å². The van der Waals surface area contributed by atoms with Crippen LogP contribution < -0.4 is 5.56 Å². The lowest BCUT2D eigenvalue weighted by molar-refractivity contribution is 0.217. The zero-order chi connectivity index (χ0) is 26.1. The summed E-state index contributed by atoms with van der Waals surface area (Å²) in [5.41, 5.74) is 4.73. The zero-order valence-corrected chi connectivity index (χ0v) is 22.2. The van der Waals surface area contributed by atoms with Gasteiger partial charge >= 0.3 is 0 Å². The fourth-order valence-electron chi connectivity index (χ4n) is 6.03. The Morgan fingerprint density at radius 1 is 1.24 bits per heavy atom. The van der Waals surface area contributed by atoms with Crippen molar-refractivity contribution in [3.63, 3.8) is 0 Å². The number of pyridine rings is 1. The molecule has 3 aromatic heterocycles. The Morgan fingerprint density at radius 3 is 2.62 bits per heavy atom. The zero-order valence-electron chi connectivity index (χ0n) is 21.3. The predicted octanol–water partition coefficient (Wildman–Crippen LogP) is 4.95. The van der Waals surface area contributed by atoms with E-state index in [9.17, 15) is 4.79 Å². The van der Waals surface area contributed by atoms with Crippen LogP contribution in [0.2, 0.25) is 0 Å². The van der Waals surface area contributed by atoms with Crippen LogP contribution in [0.15, 0.2) is 53.7 Å². The minimum atomic E-state index is -0.452. The fraction of sp³-hybridized carbons (Fsp3) is 0.357. The maximum atomic E-state index is 14.0. The quantitative estimate of drug-likeness (QED) is 0.193. The van der Waals surface area contributed by atoms with E-state index in [1.54, 1.807) is 31.4 Å². The van der Waals surface area contributed by atoms with Crippen LogP contribution in [0.4, 0.5) is 0 Å². The number of aryl methyl sites for hydroxylation is 1. The molecule has 6 rings (SSSR count). The summed E-state index contributed by atoms with van der Waals surface area (Å²) in [6.45, 7) is 2.20. The molecule has 8 nitrogen and oxygen atoms in total. The number of likely N-dealkylation sites (N-methyl/N-ethyl adjacent to an activating group) is 1. The summed E-state index contributed by atoms with van der Waals surface area (Å²) in [6, 6.07) is 10.1. The van der Waals surface area contributed by atoms with E-state index in [4.69, 9.17) is 23.6 Å². The molecule has 0 atom stereocenters. The average Bonchev–Trinajstić information content (AvgIpc) is 3.54. The molecular formula is C28H31N7OS. The summed E-state index contributed by atoms with van der Waals surface area (Å²) in [4.78, 5) is 15.6. The van der Waals surface area contributed by atoms with Gasteiger partial charge in [-0.25, -0.2) is 0 Å². The van der Waals surface area contributed by atoms with Crippen molar-refractivity contribution < 1.29 is 0 Å². The van der Waals surface area contributed by atoms with Gasteiger partial charge in [-0.1, -0.05) is 31.9 Å². The predicted molar refractivity (Wildman–Crippen MR) is 150 cm³/mol. The molecule has 2 aliphatic rings. The summed E-state index contributed by atoms with van der Waals surface area (Å²) < 4.78 is 5.20. The second kappa shape index (κ2) is 8.48. The number of aromatic nitrogens is 4. The normalized spacial score (nSPS) is 21.1.